The first-order valence-electron chi connectivity index (χ1n) is 8.45. The Balaban J connectivity index is 1.66. The first kappa shape index (κ1) is 17.7. The van der Waals surface area contributed by atoms with Crippen molar-refractivity contribution in [3.05, 3.63) is 77.9 Å². The minimum Gasteiger partial charge on any atom is -0.496 e. The largest absolute Gasteiger partial charge is 0.496 e. The maximum Gasteiger partial charge on any atom is 0.260 e. The van der Waals surface area contributed by atoms with Crippen LogP contribution in [0.2, 0.25) is 0 Å². The van der Waals surface area contributed by atoms with E-state index in [4.69, 9.17) is 4.74 Å². The zero-order chi connectivity index (χ0) is 19.7. The second kappa shape index (κ2) is 7.11. The van der Waals surface area contributed by atoms with E-state index in [1.807, 2.05) is 0 Å². The summed E-state index contributed by atoms with van der Waals surface area (Å²) in [7, 11) is 1.49. The third-order valence-electron chi connectivity index (χ3n) is 4.39. The molecule has 1 heterocycles. The fourth-order valence-corrected chi connectivity index (χ4v) is 3.01. The van der Waals surface area contributed by atoms with E-state index in [1.165, 1.54) is 19.2 Å². The fraction of sp³-hybridized carbons (Fsp3) is 0.0476. The Hall–Kier alpha value is -3.74. The molecule has 7 heteroatoms. The van der Waals surface area contributed by atoms with E-state index >= 15 is 0 Å². The number of benzene rings is 3. The van der Waals surface area contributed by atoms with Gasteiger partial charge in [0.25, 0.3) is 5.91 Å². The van der Waals surface area contributed by atoms with Gasteiger partial charge in [-0.3, -0.25) is 9.89 Å². The molecule has 0 unspecified atom stereocenters. The number of para-hydroxylation sites is 1. The number of amides is 1. The molecule has 1 amide bonds. The van der Waals surface area contributed by atoms with E-state index < -0.39 is 11.6 Å². The number of fused-ring (bicyclic) bond motifs is 1. The van der Waals surface area contributed by atoms with Crippen molar-refractivity contribution < 1.29 is 18.3 Å². The van der Waals surface area contributed by atoms with Gasteiger partial charge in [-0.25, -0.2) is 8.78 Å². The van der Waals surface area contributed by atoms with E-state index in [9.17, 15) is 13.6 Å². The van der Waals surface area contributed by atoms with Gasteiger partial charge in [-0.05, 0) is 42.0 Å². The van der Waals surface area contributed by atoms with Crippen LogP contribution in [0.3, 0.4) is 0 Å². The summed E-state index contributed by atoms with van der Waals surface area (Å²) in [5, 5.41) is 10.4. The van der Waals surface area contributed by atoms with Crippen molar-refractivity contribution in [2.75, 3.05) is 12.4 Å². The summed E-state index contributed by atoms with van der Waals surface area (Å²) in [6.45, 7) is 0. The van der Waals surface area contributed by atoms with Crippen molar-refractivity contribution in [2.45, 2.75) is 0 Å². The number of aromatic amines is 1. The van der Waals surface area contributed by atoms with Crippen molar-refractivity contribution in [1.82, 2.24) is 10.2 Å². The summed E-state index contributed by atoms with van der Waals surface area (Å²) in [5.41, 5.74) is 1.83. The Morgan fingerprint density at radius 3 is 2.68 bits per heavy atom. The van der Waals surface area contributed by atoms with Crippen molar-refractivity contribution in [2.24, 2.45) is 0 Å². The maximum atomic E-state index is 14.0. The molecule has 5 nitrogen and oxygen atoms in total. The van der Waals surface area contributed by atoms with Crippen molar-refractivity contribution in [3.63, 3.8) is 0 Å². The van der Waals surface area contributed by atoms with Crippen LogP contribution in [-0.4, -0.2) is 23.2 Å². The molecule has 4 rings (SSSR count). The number of methoxy groups -OCH3 is 1. The van der Waals surface area contributed by atoms with Crippen LogP contribution >= 0.6 is 0 Å². The van der Waals surface area contributed by atoms with Gasteiger partial charge in [-0.2, -0.15) is 5.10 Å². The lowest BCUT2D eigenvalue weighted by molar-refractivity contribution is 0.102. The number of carbonyl (C=O) groups is 1. The summed E-state index contributed by atoms with van der Waals surface area (Å²) in [5.74, 6) is -0.848. The minimum atomic E-state index is -0.649. The highest BCUT2D eigenvalue weighted by atomic mass is 19.1. The van der Waals surface area contributed by atoms with Gasteiger partial charge in [0.1, 0.15) is 17.4 Å². The van der Waals surface area contributed by atoms with Gasteiger partial charge in [0.15, 0.2) is 5.82 Å². The van der Waals surface area contributed by atoms with Crippen molar-refractivity contribution >= 4 is 22.6 Å². The maximum absolute atomic E-state index is 14.0. The average molecular weight is 379 g/mol. The Morgan fingerprint density at radius 2 is 1.89 bits per heavy atom. The van der Waals surface area contributed by atoms with Gasteiger partial charge < -0.3 is 10.1 Å². The fourth-order valence-electron chi connectivity index (χ4n) is 3.01. The van der Waals surface area contributed by atoms with Crippen LogP contribution in [-0.2, 0) is 0 Å². The number of carbonyl (C=O) groups excluding carboxylic acids is 1. The second-order valence-electron chi connectivity index (χ2n) is 6.11. The number of hydrogen-bond acceptors (Lipinski definition) is 3. The number of halogens is 2. The van der Waals surface area contributed by atoms with E-state index in [0.29, 0.717) is 33.6 Å². The summed E-state index contributed by atoms with van der Waals surface area (Å²) < 4.78 is 32.4. The summed E-state index contributed by atoms with van der Waals surface area (Å²) in [6, 6.07) is 15.4. The number of aromatic nitrogens is 2. The van der Waals surface area contributed by atoms with Crippen LogP contribution in [0, 0.1) is 11.6 Å². The number of nitrogens with zero attached hydrogens (tertiary/aromatic N) is 1. The zero-order valence-corrected chi connectivity index (χ0v) is 14.8. The number of anilines is 1. The smallest absolute Gasteiger partial charge is 0.260 e. The highest BCUT2D eigenvalue weighted by Gasteiger charge is 2.15. The molecule has 0 radical (unpaired) electrons. The van der Waals surface area contributed by atoms with Gasteiger partial charge in [-0.1, -0.05) is 18.2 Å². The predicted molar refractivity (Wildman–Crippen MR) is 102 cm³/mol. The second-order valence-corrected chi connectivity index (χ2v) is 6.11. The molecule has 0 saturated carbocycles. The minimum absolute atomic E-state index is 0.275. The molecule has 0 fully saturated rings. The zero-order valence-electron chi connectivity index (χ0n) is 14.8. The van der Waals surface area contributed by atoms with Crippen molar-refractivity contribution in [3.8, 4) is 16.9 Å². The number of hydrogen-bond donors (Lipinski definition) is 2. The van der Waals surface area contributed by atoms with Crippen LogP contribution in [0.4, 0.5) is 14.6 Å². The van der Waals surface area contributed by atoms with Crippen LogP contribution in [0.1, 0.15) is 10.4 Å². The first-order valence-corrected chi connectivity index (χ1v) is 8.45. The van der Waals surface area contributed by atoms with Gasteiger partial charge in [0.2, 0.25) is 0 Å². The molecule has 1 aromatic heterocycles. The molecule has 0 saturated heterocycles. The van der Waals surface area contributed by atoms with Crippen LogP contribution in [0.15, 0.2) is 60.7 Å². The molecular weight excluding hydrogens is 364 g/mol. The van der Waals surface area contributed by atoms with Gasteiger partial charge in [-0.15, -0.1) is 0 Å². The van der Waals surface area contributed by atoms with E-state index in [0.717, 1.165) is 6.07 Å². The molecule has 0 atom stereocenters. The number of ether oxygens (including phenoxy) is 1. The van der Waals surface area contributed by atoms with Crippen LogP contribution < -0.4 is 10.1 Å². The lowest BCUT2D eigenvalue weighted by atomic mass is 10.0. The molecule has 0 aliphatic heterocycles. The van der Waals surface area contributed by atoms with E-state index in [1.54, 1.807) is 42.5 Å². The van der Waals surface area contributed by atoms with Crippen LogP contribution in [0.25, 0.3) is 22.0 Å². The molecule has 0 aliphatic rings. The number of H-pyrrole nitrogens is 1. The Morgan fingerprint density at radius 1 is 1.07 bits per heavy atom. The molecule has 0 bridgehead atoms. The molecule has 28 heavy (non-hydrogen) atoms. The number of rotatable bonds is 4. The highest BCUT2D eigenvalue weighted by molar-refractivity contribution is 6.09. The molecule has 4 aromatic rings. The van der Waals surface area contributed by atoms with Crippen molar-refractivity contribution in [1.29, 1.82) is 0 Å². The molecule has 0 spiro atoms. The normalized spacial score (nSPS) is 10.8. The van der Waals surface area contributed by atoms with Gasteiger partial charge in [0, 0.05) is 17.0 Å². The summed E-state index contributed by atoms with van der Waals surface area (Å²) in [6.07, 6.45) is 0. The highest BCUT2D eigenvalue weighted by Crippen LogP contribution is 2.29. The Kier molecular flexibility index (Phi) is 4.49. The topological polar surface area (TPSA) is 67.0 Å². The lowest BCUT2D eigenvalue weighted by Crippen LogP contribution is -2.13. The summed E-state index contributed by atoms with van der Waals surface area (Å²) >= 11 is 0. The van der Waals surface area contributed by atoms with Gasteiger partial charge in [0.05, 0.1) is 18.2 Å². The predicted octanol–water partition coefficient (Wildman–Crippen LogP) is 4.77. The number of nitrogens with one attached hydrogen (secondary N) is 2. The SMILES string of the molecule is COc1ccccc1C(=O)Nc1n[nH]c2cc(-c3ccc(F)cc3F)ccc12. The first-order chi connectivity index (χ1) is 13.6. The molecule has 3 aromatic carbocycles. The molecule has 0 aliphatic carbocycles. The van der Waals surface area contributed by atoms with E-state index in [-0.39, 0.29) is 11.5 Å². The third-order valence-corrected chi connectivity index (χ3v) is 4.39. The monoisotopic (exact) mass is 379 g/mol. The average Bonchev–Trinajstić information content (AvgIpc) is 3.10. The van der Waals surface area contributed by atoms with E-state index in [2.05, 4.69) is 15.5 Å². The third kappa shape index (κ3) is 3.18. The Labute approximate surface area is 159 Å². The molecule has 140 valence electrons. The molecular formula is C21H15F2N3O2. The molecule has 2 N–H and O–H groups in total. The Bertz CT molecular complexity index is 1190. The lowest BCUT2D eigenvalue weighted by Gasteiger charge is -2.08. The standard InChI is InChI=1S/C21H15F2N3O2/c1-28-19-5-3-2-4-16(19)21(27)24-20-15-8-6-12(10-18(15)25-26-20)14-9-7-13(22)11-17(14)23/h2-11H,1H3,(H2,24,25,26,27). The van der Waals surface area contributed by atoms with Crippen LogP contribution in [0.5, 0.6) is 5.75 Å². The summed E-state index contributed by atoms with van der Waals surface area (Å²) in [4.78, 5) is 12.6. The quantitative estimate of drug-likeness (QED) is 0.537. The van der Waals surface area contributed by atoms with Gasteiger partial charge >= 0.3 is 0 Å².